The minimum absolute atomic E-state index is 0.122. The molecule has 3 heterocycles. The van der Waals surface area contributed by atoms with Gasteiger partial charge >= 0.3 is 0 Å². The van der Waals surface area contributed by atoms with Crippen molar-refractivity contribution in [1.82, 2.24) is 19.3 Å². The van der Waals surface area contributed by atoms with Crippen molar-refractivity contribution >= 4 is 40.3 Å². The molecule has 10 heteroatoms. The lowest BCUT2D eigenvalue weighted by Gasteiger charge is -2.13. The Bertz CT molecular complexity index is 1440. The Kier molecular flexibility index (Phi) is 5.21. The molecule has 166 valence electrons. The topological polar surface area (TPSA) is 125 Å². The van der Waals surface area contributed by atoms with E-state index in [1.165, 1.54) is 18.0 Å². The van der Waals surface area contributed by atoms with Crippen LogP contribution in [0.4, 0.5) is 5.69 Å². The van der Waals surface area contributed by atoms with Crippen molar-refractivity contribution in [3.05, 3.63) is 76.2 Å². The largest absolute Gasteiger partial charge is 0.366 e. The number of nitrogens with two attached hydrogens (primary N) is 1. The molecular weight excluding hydrogens is 440 g/mol. The van der Waals surface area contributed by atoms with E-state index >= 15 is 0 Å². The monoisotopic (exact) mass is 460 g/mol. The van der Waals surface area contributed by atoms with Gasteiger partial charge in [0.15, 0.2) is 10.8 Å². The van der Waals surface area contributed by atoms with E-state index in [1.807, 2.05) is 31.2 Å². The van der Waals surface area contributed by atoms with Gasteiger partial charge in [-0.1, -0.05) is 29.5 Å². The number of hydrogen-bond donors (Lipinski definition) is 2. The fourth-order valence-corrected chi connectivity index (χ4v) is 4.93. The molecule has 0 radical (unpaired) electrons. The zero-order valence-corrected chi connectivity index (χ0v) is 18.5. The average Bonchev–Trinajstić information content (AvgIpc) is 3.40. The zero-order chi connectivity index (χ0) is 23.1. The summed E-state index contributed by atoms with van der Waals surface area (Å²) in [6, 6.07) is 13.8. The maximum Gasteiger partial charge on any atom is 0.265 e. The normalized spacial score (nSPS) is 14.9. The van der Waals surface area contributed by atoms with E-state index in [1.54, 1.807) is 33.5 Å². The molecule has 0 aliphatic carbocycles. The molecule has 1 unspecified atom stereocenters. The van der Waals surface area contributed by atoms with E-state index < -0.39 is 5.91 Å². The van der Waals surface area contributed by atoms with Crippen LogP contribution in [0.3, 0.4) is 0 Å². The molecule has 0 spiro atoms. The number of thioether (sulfide) groups is 1. The molecule has 2 amide bonds. The van der Waals surface area contributed by atoms with Gasteiger partial charge in [0, 0.05) is 23.4 Å². The number of primary amides is 1. The molecule has 4 aromatic rings. The van der Waals surface area contributed by atoms with E-state index in [-0.39, 0.29) is 23.9 Å². The Morgan fingerprint density at radius 1 is 1.15 bits per heavy atom. The standard InChI is InChI=1S/C23H20N6O3S/c1-13-2-8-16(9-3-13)29-21-18(11-25-29)22(32)28-17(12-33-23(28)27-21)10-19(30)26-15-6-4-14(5-7-15)20(24)31/h2-9,11,17H,10,12H2,1H3,(H2,24,31)(H,26,30). The second kappa shape index (κ2) is 8.21. The predicted octanol–water partition coefficient (Wildman–Crippen LogP) is 2.67. The first kappa shape index (κ1) is 21.0. The highest BCUT2D eigenvalue weighted by atomic mass is 32.2. The molecule has 0 saturated carbocycles. The first-order valence-electron chi connectivity index (χ1n) is 10.3. The Balaban J connectivity index is 1.39. The number of fused-ring (bicyclic) bond motifs is 2. The number of anilines is 1. The van der Waals surface area contributed by atoms with Crippen LogP contribution >= 0.6 is 11.8 Å². The van der Waals surface area contributed by atoms with Gasteiger partial charge in [0.05, 0.1) is 17.9 Å². The van der Waals surface area contributed by atoms with E-state index in [0.717, 1.165) is 11.3 Å². The molecule has 5 rings (SSSR count). The number of hydrogen-bond acceptors (Lipinski definition) is 6. The van der Waals surface area contributed by atoms with Crippen LogP contribution in [0.25, 0.3) is 16.7 Å². The van der Waals surface area contributed by atoms with E-state index in [9.17, 15) is 14.4 Å². The molecule has 0 saturated heterocycles. The Morgan fingerprint density at radius 3 is 2.58 bits per heavy atom. The number of nitrogens with one attached hydrogen (secondary N) is 1. The van der Waals surface area contributed by atoms with Crippen molar-refractivity contribution < 1.29 is 9.59 Å². The summed E-state index contributed by atoms with van der Waals surface area (Å²) in [6.45, 7) is 2.01. The highest BCUT2D eigenvalue weighted by Crippen LogP contribution is 2.33. The third-order valence-corrected chi connectivity index (χ3v) is 6.62. The van der Waals surface area contributed by atoms with Gasteiger partial charge in [-0.2, -0.15) is 5.10 Å². The molecule has 3 N–H and O–H groups in total. The predicted molar refractivity (Wildman–Crippen MR) is 126 cm³/mol. The number of benzene rings is 2. The average molecular weight is 461 g/mol. The molecule has 1 aliphatic heterocycles. The third kappa shape index (κ3) is 3.89. The van der Waals surface area contributed by atoms with Gasteiger partial charge in [0.2, 0.25) is 11.8 Å². The van der Waals surface area contributed by atoms with Crippen molar-refractivity contribution in [2.75, 3.05) is 11.1 Å². The van der Waals surface area contributed by atoms with Crippen LogP contribution in [0.2, 0.25) is 0 Å². The van der Waals surface area contributed by atoms with Crippen LogP contribution in [0.15, 0.2) is 64.7 Å². The molecule has 33 heavy (non-hydrogen) atoms. The summed E-state index contributed by atoms with van der Waals surface area (Å²) in [6.07, 6.45) is 1.65. The van der Waals surface area contributed by atoms with Crippen LogP contribution in [0.1, 0.15) is 28.4 Å². The van der Waals surface area contributed by atoms with Gasteiger partial charge in [0.25, 0.3) is 5.56 Å². The fourth-order valence-electron chi connectivity index (χ4n) is 3.80. The van der Waals surface area contributed by atoms with Crippen molar-refractivity contribution in [1.29, 1.82) is 0 Å². The number of carbonyl (C=O) groups excluding carboxylic acids is 2. The molecular formula is C23H20N6O3S. The highest BCUT2D eigenvalue weighted by Gasteiger charge is 2.29. The first-order valence-corrected chi connectivity index (χ1v) is 11.3. The summed E-state index contributed by atoms with van der Waals surface area (Å²) >= 11 is 1.45. The van der Waals surface area contributed by atoms with Gasteiger partial charge in [-0.15, -0.1) is 0 Å². The maximum absolute atomic E-state index is 13.3. The van der Waals surface area contributed by atoms with Crippen LogP contribution in [-0.4, -0.2) is 36.9 Å². The SMILES string of the molecule is Cc1ccc(-n2ncc3c(=O)n4c(nc32)SCC4CC(=O)Nc2ccc(C(N)=O)cc2)cc1. The summed E-state index contributed by atoms with van der Waals surface area (Å²) in [5.74, 6) is -0.195. The van der Waals surface area contributed by atoms with Crippen LogP contribution in [0, 0.1) is 6.92 Å². The van der Waals surface area contributed by atoms with Crippen molar-refractivity contribution in [2.24, 2.45) is 5.73 Å². The van der Waals surface area contributed by atoms with E-state index in [2.05, 4.69) is 10.4 Å². The van der Waals surface area contributed by atoms with Crippen LogP contribution < -0.4 is 16.6 Å². The Hall–Kier alpha value is -3.92. The second-order valence-corrected chi connectivity index (χ2v) is 8.84. The molecule has 2 aromatic heterocycles. The fraction of sp³-hybridized carbons (Fsp3) is 0.174. The quantitative estimate of drug-likeness (QED) is 0.441. The van der Waals surface area contributed by atoms with Crippen molar-refractivity contribution in [3.8, 4) is 5.69 Å². The molecule has 9 nitrogen and oxygen atoms in total. The number of aromatic nitrogens is 4. The number of amides is 2. The number of nitrogens with zero attached hydrogens (tertiary/aromatic N) is 4. The first-order chi connectivity index (χ1) is 15.9. The van der Waals surface area contributed by atoms with Gasteiger partial charge in [0.1, 0.15) is 5.39 Å². The molecule has 2 aromatic carbocycles. The number of carbonyl (C=O) groups is 2. The maximum atomic E-state index is 13.3. The Morgan fingerprint density at radius 2 is 1.88 bits per heavy atom. The molecule has 0 bridgehead atoms. The minimum atomic E-state index is -0.531. The van der Waals surface area contributed by atoms with Crippen molar-refractivity contribution in [3.63, 3.8) is 0 Å². The summed E-state index contributed by atoms with van der Waals surface area (Å²) < 4.78 is 3.25. The van der Waals surface area contributed by atoms with Gasteiger partial charge < -0.3 is 11.1 Å². The Labute approximate surface area is 192 Å². The molecule has 1 aliphatic rings. The van der Waals surface area contributed by atoms with Crippen LogP contribution in [-0.2, 0) is 4.79 Å². The highest BCUT2D eigenvalue weighted by molar-refractivity contribution is 7.99. The minimum Gasteiger partial charge on any atom is -0.366 e. The second-order valence-electron chi connectivity index (χ2n) is 7.86. The van der Waals surface area contributed by atoms with Crippen LogP contribution in [0.5, 0.6) is 0 Å². The van der Waals surface area contributed by atoms with E-state index in [0.29, 0.717) is 33.2 Å². The lowest BCUT2D eigenvalue weighted by Crippen LogP contribution is -2.27. The summed E-state index contributed by atoms with van der Waals surface area (Å²) in [7, 11) is 0. The number of rotatable bonds is 5. The summed E-state index contributed by atoms with van der Waals surface area (Å²) in [5.41, 5.74) is 8.41. The van der Waals surface area contributed by atoms with Gasteiger partial charge in [-0.3, -0.25) is 19.0 Å². The van der Waals surface area contributed by atoms with Gasteiger partial charge in [-0.05, 0) is 43.3 Å². The third-order valence-electron chi connectivity index (χ3n) is 5.52. The summed E-state index contributed by atoms with van der Waals surface area (Å²) in [4.78, 5) is 41.8. The number of aryl methyl sites for hydroxylation is 1. The lowest BCUT2D eigenvalue weighted by molar-refractivity contribution is -0.116. The zero-order valence-electron chi connectivity index (χ0n) is 17.7. The van der Waals surface area contributed by atoms with Crippen molar-refractivity contribution in [2.45, 2.75) is 24.5 Å². The molecule has 1 atom stereocenters. The van der Waals surface area contributed by atoms with Gasteiger partial charge in [-0.25, -0.2) is 9.67 Å². The summed E-state index contributed by atoms with van der Waals surface area (Å²) in [5, 5.41) is 8.16. The lowest BCUT2D eigenvalue weighted by atomic mass is 10.2. The van der Waals surface area contributed by atoms with E-state index in [4.69, 9.17) is 10.7 Å². The molecule has 0 fully saturated rings. The smallest absolute Gasteiger partial charge is 0.265 e.